The molecule has 0 saturated heterocycles. The van der Waals surface area contributed by atoms with E-state index in [9.17, 15) is 15.0 Å². The van der Waals surface area contributed by atoms with Crippen LogP contribution in [0.3, 0.4) is 0 Å². The predicted octanol–water partition coefficient (Wildman–Crippen LogP) is 2.80. The van der Waals surface area contributed by atoms with E-state index in [1.165, 1.54) is 12.8 Å². The van der Waals surface area contributed by atoms with Gasteiger partial charge in [-0.3, -0.25) is 4.79 Å². The van der Waals surface area contributed by atoms with Crippen LogP contribution in [0.4, 0.5) is 0 Å². The molecule has 0 saturated carbocycles. The summed E-state index contributed by atoms with van der Waals surface area (Å²) in [6.45, 7) is 4.34. The number of hydrogen-bond donors (Lipinski definition) is 2. The second kappa shape index (κ2) is 12.4. The minimum absolute atomic E-state index is 0.213. The third-order valence-electron chi connectivity index (χ3n) is 3.16. The number of hydrogen-bond acceptors (Lipinski definition) is 4. The van der Waals surface area contributed by atoms with Gasteiger partial charge in [-0.05, 0) is 32.6 Å². The molecule has 0 aliphatic rings. The molecule has 0 aromatic heterocycles. The van der Waals surface area contributed by atoms with Crippen molar-refractivity contribution in [3.63, 3.8) is 0 Å². The van der Waals surface area contributed by atoms with Crippen LogP contribution in [0.15, 0.2) is 0 Å². The molecule has 0 amide bonds. The number of aliphatic hydroxyl groups is 2. The molecule has 0 bridgehead atoms. The van der Waals surface area contributed by atoms with E-state index in [0.717, 1.165) is 19.3 Å². The molecule has 0 aliphatic carbocycles. The lowest BCUT2D eigenvalue weighted by Crippen LogP contribution is -2.18. The number of unbranched alkanes of at least 4 members (excludes halogenated alkanes) is 3. The number of carbonyl (C=O) groups is 1. The first kappa shape index (κ1) is 18.4. The Morgan fingerprint density at radius 2 is 1.63 bits per heavy atom. The van der Waals surface area contributed by atoms with E-state index in [4.69, 9.17) is 4.74 Å². The van der Waals surface area contributed by atoms with Crippen molar-refractivity contribution in [3.05, 3.63) is 0 Å². The van der Waals surface area contributed by atoms with Crippen LogP contribution < -0.4 is 0 Å². The van der Waals surface area contributed by atoms with Crippen LogP contribution in [0.2, 0.25) is 0 Å². The highest BCUT2D eigenvalue weighted by atomic mass is 16.5. The lowest BCUT2D eigenvalue weighted by molar-refractivity contribution is -0.143. The summed E-state index contributed by atoms with van der Waals surface area (Å²) >= 11 is 0. The molecule has 0 spiro atoms. The summed E-state index contributed by atoms with van der Waals surface area (Å²) in [4.78, 5) is 11.1. The van der Waals surface area contributed by atoms with Crippen LogP contribution in [0.5, 0.6) is 0 Å². The second-order valence-electron chi connectivity index (χ2n) is 5.09. The molecule has 4 nitrogen and oxygen atoms in total. The fourth-order valence-corrected chi connectivity index (χ4v) is 2.07. The van der Waals surface area contributed by atoms with E-state index in [2.05, 4.69) is 6.92 Å². The molecule has 19 heavy (non-hydrogen) atoms. The Morgan fingerprint density at radius 1 is 1.00 bits per heavy atom. The van der Waals surface area contributed by atoms with Crippen LogP contribution in [0.1, 0.15) is 71.6 Å². The van der Waals surface area contributed by atoms with Gasteiger partial charge in [-0.1, -0.05) is 32.6 Å². The van der Waals surface area contributed by atoms with Gasteiger partial charge >= 0.3 is 5.97 Å². The van der Waals surface area contributed by atoms with Gasteiger partial charge in [0.15, 0.2) is 0 Å². The molecule has 0 aliphatic heterocycles. The molecule has 0 rings (SSSR count). The van der Waals surface area contributed by atoms with E-state index in [1.54, 1.807) is 6.92 Å². The zero-order valence-corrected chi connectivity index (χ0v) is 12.4. The van der Waals surface area contributed by atoms with Crippen LogP contribution in [-0.2, 0) is 9.53 Å². The zero-order valence-electron chi connectivity index (χ0n) is 12.4. The van der Waals surface area contributed by atoms with E-state index in [1.807, 2.05) is 0 Å². The Morgan fingerprint density at radius 3 is 2.21 bits per heavy atom. The van der Waals surface area contributed by atoms with Crippen molar-refractivity contribution in [2.75, 3.05) is 6.61 Å². The van der Waals surface area contributed by atoms with Gasteiger partial charge in [-0.2, -0.15) is 0 Å². The molecule has 0 heterocycles. The first-order chi connectivity index (χ1) is 9.10. The fourth-order valence-electron chi connectivity index (χ4n) is 2.07. The zero-order chi connectivity index (χ0) is 14.5. The molecular formula is C15H30O4. The van der Waals surface area contributed by atoms with Crippen molar-refractivity contribution in [1.29, 1.82) is 0 Å². The molecule has 114 valence electrons. The van der Waals surface area contributed by atoms with Crippen molar-refractivity contribution < 1.29 is 19.7 Å². The van der Waals surface area contributed by atoms with Crippen molar-refractivity contribution in [3.8, 4) is 0 Å². The quantitative estimate of drug-likeness (QED) is 0.424. The van der Waals surface area contributed by atoms with Gasteiger partial charge in [0.05, 0.1) is 18.8 Å². The third-order valence-corrected chi connectivity index (χ3v) is 3.16. The Labute approximate surface area is 117 Å². The fraction of sp³-hybridized carbons (Fsp3) is 0.933. The van der Waals surface area contributed by atoms with Crippen LogP contribution in [-0.4, -0.2) is 35.0 Å². The normalized spacial score (nSPS) is 14.1. The third kappa shape index (κ3) is 12.2. The van der Waals surface area contributed by atoms with Crippen LogP contribution >= 0.6 is 0 Å². The lowest BCUT2D eigenvalue weighted by atomic mass is 10.0. The van der Waals surface area contributed by atoms with E-state index in [-0.39, 0.29) is 5.97 Å². The maximum atomic E-state index is 11.1. The van der Waals surface area contributed by atoms with Crippen molar-refractivity contribution in [1.82, 2.24) is 0 Å². The van der Waals surface area contributed by atoms with Gasteiger partial charge in [0.2, 0.25) is 0 Å². The van der Waals surface area contributed by atoms with Crippen LogP contribution in [0.25, 0.3) is 0 Å². The smallest absolute Gasteiger partial charge is 0.305 e. The van der Waals surface area contributed by atoms with Gasteiger partial charge in [-0.15, -0.1) is 0 Å². The number of carbonyl (C=O) groups excluding carboxylic acids is 1. The molecule has 2 N–H and O–H groups in total. The SMILES string of the molecule is CCCCCC[C@@H](O)C[C@H](O)CCCC(=O)OCC. The number of ether oxygens (including phenoxy) is 1. The lowest BCUT2D eigenvalue weighted by Gasteiger charge is -2.15. The highest BCUT2D eigenvalue weighted by Crippen LogP contribution is 2.13. The summed E-state index contributed by atoms with van der Waals surface area (Å²) in [6.07, 6.45) is 6.29. The summed E-state index contributed by atoms with van der Waals surface area (Å²) in [5.74, 6) is -0.213. The largest absolute Gasteiger partial charge is 0.466 e. The highest BCUT2D eigenvalue weighted by molar-refractivity contribution is 5.69. The van der Waals surface area contributed by atoms with E-state index in [0.29, 0.717) is 32.3 Å². The van der Waals surface area contributed by atoms with Gasteiger partial charge < -0.3 is 14.9 Å². The Bertz CT molecular complexity index is 218. The summed E-state index contributed by atoms with van der Waals surface area (Å²) in [5.41, 5.74) is 0. The number of rotatable bonds is 12. The molecule has 4 heteroatoms. The monoisotopic (exact) mass is 274 g/mol. The maximum absolute atomic E-state index is 11.1. The first-order valence-corrected chi connectivity index (χ1v) is 7.61. The molecule has 0 radical (unpaired) electrons. The van der Waals surface area contributed by atoms with Crippen molar-refractivity contribution >= 4 is 5.97 Å². The topological polar surface area (TPSA) is 66.8 Å². The molecule has 0 aromatic carbocycles. The maximum Gasteiger partial charge on any atom is 0.305 e. The average Bonchev–Trinajstić information content (AvgIpc) is 2.35. The Kier molecular flexibility index (Phi) is 12.0. The predicted molar refractivity (Wildman–Crippen MR) is 75.9 cm³/mol. The number of esters is 1. The first-order valence-electron chi connectivity index (χ1n) is 7.61. The van der Waals surface area contributed by atoms with Gasteiger partial charge in [0.1, 0.15) is 0 Å². The number of aliphatic hydroxyl groups excluding tert-OH is 2. The van der Waals surface area contributed by atoms with Gasteiger partial charge in [0.25, 0.3) is 0 Å². The molecule has 0 aromatic rings. The van der Waals surface area contributed by atoms with Crippen LogP contribution in [0, 0.1) is 0 Å². The minimum atomic E-state index is -0.518. The van der Waals surface area contributed by atoms with E-state index < -0.39 is 12.2 Å². The molecular weight excluding hydrogens is 244 g/mol. The Hall–Kier alpha value is -0.610. The average molecular weight is 274 g/mol. The van der Waals surface area contributed by atoms with Gasteiger partial charge in [0, 0.05) is 6.42 Å². The summed E-state index contributed by atoms with van der Waals surface area (Å²) in [5, 5.41) is 19.5. The second-order valence-corrected chi connectivity index (χ2v) is 5.09. The Balaban J connectivity index is 3.50. The summed E-state index contributed by atoms with van der Waals surface area (Å²) in [7, 11) is 0. The summed E-state index contributed by atoms with van der Waals surface area (Å²) in [6, 6.07) is 0. The molecule has 0 unspecified atom stereocenters. The van der Waals surface area contributed by atoms with Crippen molar-refractivity contribution in [2.45, 2.75) is 83.8 Å². The molecule has 2 atom stereocenters. The van der Waals surface area contributed by atoms with Crippen molar-refractivity contribution in [2.24, 2.45) is 0 Å². The van der Waals surface area contributed by atoms with E-state index >= 15 is 0 Å². The highest BCUT2D eigenvalue weighted by Gasteiger charge is 2.12. The van der Waals surface area contributed by atoms with Gasteiger partial charge in [-0.25, -0.2) is 0 Å². The standard InChI is InChI=1S/C15H30O4/c1-3-5-6-7-9-13(16)12-14(17)10-8-11-15(18)19-4-2/h13-14,16-17H,3-12H2,1-2H3/t13-,14-/m1/s1. The molecule has 0 fully saturated rings. The minimum Gasteiger partial charge on any atom is -0.466 e. The summed E-state index contributed by atoms with van der Waals surface area (Å²) < 4.78 is 4.81.